The minimum absolute atomic E-state index is 0.0559. The summed E-state index contributed by atoms with van der Waals surface area (Å²) in [5.74, 6) is -1.87. The molecular formula is C25H24N4O6. The number of ether oxygens (including phenoxy) is 2. The fourth-order valence-electron chi connectivity index (χ4n) is 4.77. The van der Waals surface area contributed by atoms with Crippen molar-refractivity contribution in [1.29, 1.82) is 0 Å². The van der Waals surface area contributed by atoms with Crippen LogP contribution in [0.25, 0.3) is 11.1 Å². The molecule has 10 nitrogen and oxygen atoms in total. The molecule has 3 aromatic rings. The summed E-state index contributed by atoms with van der Waals surface area (Å²) in [6, 6.07) is 15.5. The van der Waals surface area contributed by atoms with Crippen molar-refractivity contribution in [1.82, 2.24) is 15.1 Å². The molecule has 180 valence electrons. The fourth-order valence-corrected chi connectivity index (χ4v) is 4.77. The molecule has 1 aliphatic heterocycles. The summed E-state index contributed by atoms with van der Waals surface area (Å²) in [5, 5.41) is 18.5. The molecular weight excluding hydrogens is 452 g/mol. The van der Waals surface area contributed by atoms with E-state index in [4.69, 9.17) is 9.47 Å². The zero-order valence-corrected chi connectivity index (χ0v) is 18.9. The Labute approximate surface area is 200 Å². The molecule has 0 bridgehead atoms. The van der Waals surface area contributed by atoms with E-state index in [1.165, 1.54) is 13.2 Å². The summed E-state index contributed by atoms with van der Waals surface area (Å²) in [7, 11) is 1.46. The number of aromatic carboxylic acids is 1. The lowest BCUT2D eigenvalue weighted by molar-refractivity contribution is -0.125. The van der Waals surface area contributed by atoms with E-state index in [9.17, 15) is 19.5 Å². The van der Waals surface area contributed by atoms with Crippen LogP contribution in [0, 0.1) is 0 Å². The van der Waals surface area contributed by atoms with Gasteiger partial charge in [0, 0.05) is 19.6 Å². The number of carboxylic acid groups (broad SMARTS) is 1. The van der Waals surface area contributed by atoms with Crippen LogP contribution in [0.15, 0.2) is 54.7 Å². The van der Waals surface area contributed by atoms with Gasteiger partial charge in [0.15, 0.2) is 11.8 Å². The van der Waals surface area contributed by atoms with Gasteiger partial charge in [-0.25, -0.2) is 9.59 Å². The van der Waals surface area contributed by atoms with Crippen LogP contribution in [0.1, 0.15) is 34.0 Å². The molecule has 1 aromatic heterocycles. The standard InChI is InChI=1S/C25H24N4O6/c1-29-21(24(31)32)20(12-26-29)27-23(30)22-19(10-11-34-22)28-25(33)35-13-18-16-8-4-2-6-14(16)15-7-3-5-9-17(15)18/h2-9,12,18-19,22H,10-11,13H2,1H3,(H,27,30)(H,28,33)(H,31,32). The number of nitrogens with zero attached hydrogens (tertiary/aromatic N) is 2. The summed E-state index contributed by atoms with van der Waals surface area (Å²) in [5.41, 5.74) is 4.38. The van der Waals surface area contributed by atoms with Gasteiger partial charge < -0.3 is 25.2 Å². The van der Waals surface area contributed by atoms with Crippen molar-refractivity contribution >= 4 is 23.7 Å². The molecule has 2 heterocycles. The molecule has 2 aromatic carbocycles. The molecule has 0 spiro atoms. The number of carbonyl (C=O) groups is 3. The van der Waals surface area contributed by atoms with Crippen LogP contribution in [0.4, 0.5) is 10.5 Å². The smallest absolute Gasteiger partial charge is 0.407 e. The summed E-state index contributed by atoms with van der Waals surface area (Å²) >= 11 is 0. The van der Waals surface area contributed by atoms with Crippen molar-refractivity contribution in [2.24, 2.45) is 7.05 Å². The molecule has 0 radical (unpaired) electrons. The summed E-state index contributed by atoms with van der Waals surface area (Å²) in [6.07, 6.45) is 0.0378. The van der Waals surface area contributed by atoms with Crippen molar-refractivity contribution in [3.63, 3.8) is 0 Å². The van der Waals surface area contributed by atoms with Gasteiger partial charge in [0.1, 0.15) is 6.61 Å². The van der Waals surface area contributed by atoms with Crippen LogP contribution in [0.3, 0.4) is 0 Å². The van der Waals surface area contributed by atoms with Crippen LogP contribution >= 0.6 is 0 Å². The monoisotopic (exact) mass is 476 g/mol. The Balaban J connectivity index is 1.22. The number of benzene rings is 2. The first-order valence-electron chi connectivity index (χ1n) is 11.2. The van der Waals surface area contributed by atoms with Gasteiger partial charge in [0.2, 0.25) is 0 Å². The van der Waals surface area contributed by atoms with E-state index in [0.29, 0.717) is 6.42 Å². The van der Waals surface area contributed by atoms with Crippen molar-refractivity contribution in [2.75, 3.05) is 18.5 Å². The summed E-state index contributed by atoms with van der Waals surface area (Å²) in [4.78, 5) is 36.8. The third kappa shape index (κ3) is 4.24. The third-order valence-corrected chi connectivity index (χ3v) is 6.40. The molecule has 1 saturated heterocycles. The van der Waals surface area contributed by atoms with Gasteiger partial charge >= 0.3 is 12.1 Å². The number of fused-ring (bicyclic) bond motifs is 3. The Morgan fingerprint density at radius 3 is 2.43 bits per heavy atom. The Morgan fingerprint density at radius 1 is 1.11 bits per heavy atom. The summed E-state index contributed by atoms with van der Waals surface area (Å²) in [6.45, 7) is 0.424. The fraction of sp³-hybridized carbons (Fsp3) is 0.280. The minimum atomic E-state index is -1.22. The van der Waals surface area contributed by atoms with E-state index in [-0.39, 0.29) is 30.5 Å². The van der Waals surface area contributed by atoms with Crippen molar-refractivity contribution < 1.29 is 29.0 Å². The number of nitrogens with one attached hydrogen (secondary N) is 2. The average molecular weight is 476 g/mol. The van der Waals surface area contributed by atoms with Crippen LogP contribution in [0.2, 0.25) is 0 Å². The molecule has 2 amide bonds. The van der Waals surface area contributed by atoms with E-state index in [1.807, 2.05) is 36.4 Å². The normalized spacial score (nSPS) is 18.5. The third-order valence-electron chi connectivity index (χ3n) is 6.40. The molecule has 0 saturated carbocycles. The van der Waals surface area contributed by atoms with E-state index in [1.54, 1.807) is 0 Å². The number of hydrogen-bond donors (Lipinski definition) is 3. The number of carbonyl (C=O) groups excluding carboxylic acids is 2. The first-order chi connectivity index (χ1) is 16.9. The lowest BCUT2D eigenvalue weighted by Crippen LogP contribution is -2.46. The van der Waals surface area contributed by atoms with E-state index < -0.39 is 30.1 Å². The maximum absolute atomic E-state index is 12.8. The highest BCUT2D eigenvalue weighted by molar-refractivity contribution is 6.01. The maximum Gasteiger partial charge on any atom is 0.407 e. The lowest BCUT2D eigenvalue weighted by Gasteiger charge is -2.20. The number of anilines is 1. The van der Waals surface area contributed by atoms with Gasteiger partial charge in [0.05, 0.1) is 17.9 Å². The van der Waals surface area contributed by atoms with E-state index >= 15 is 0 Å². The van der Waals surface area contributed by atoms with Crippen molar-refractivity contribution in [3.05, 3.63) is 71.5 Å². The highest BCUT2D eigenvalue weighted by atomic mass is 16.6. The van der Waals surface area contributed by atoms with Gasteiger partial charge in [-0.1, -0.05) is 48.5 Å². The second-order valence-corrected chi connectivity index (χ2v) is 8.48. The Morgan fingerprint density at radius 2 is 1.77 bits per heavy atom. The number of amides is 2. The first kappa shape index (κ1) is 22.6. The zero-order chi connectivity index (χ0) is 24.5. The van der Waals surface area contributed by atoms with Crippen LogP contribution in [-0.2, 0) is 21.3 Å². The molecule has 10 heteroatoms. The molecule has 1 aliphatic carbocycles. The number of rotatable bonds is 6. The average Bonchev–Trinajstić information content (AvgIpc) is 3.53. The largest absolute Gasteiger partial charge is 0.476 e. The molecule has 2 unspecified atom stereocenters. The molecule has 2 aliphatic rings. The maximum atomic E-state index is 12.8. The van der Waals surface area contributed by atoms with Gasteiger partial charge in [-0.15, -0.1) is 0 Å². The zero-order valence-electron chi connectivity index (χ0n) is 18.9. The molecule has 2 atom stereocenters. The van der Waals surface area contributed by atoms with Gasteiger partial charge in [0.25, 0.3) is 5.91 Å². The van der Waals surface area contributed by atoms with Crippen LogP contribution in [0.5, 0.6) is 0 Å². The Bertz CT molecular complexity index is 1260. The summed E-state index contributed by atoms with van der Waals surface area (Å²) < 4.78 is 12.2. The SMILES string of the molecule is Cn1ncc(NC(=O)C2OCCC2NC(=O)OCC2c3ccccc3-c3ccccc32)c1C(=O)O. The predicted octanol–water partition coefficient (Wildman–Crippen LogP) is 2.75. The highest BCUT2D eigenvalue weighted by Gasteiger charge is 2.37. The quantitative estimate of drug-likeness (QED) is 0.498. The second-order valence-electron chi connectivity index (χ2n) is 8.48. The van der Waals surface area contributed by atoms with Crippen molar-refractivity contribution in [3.8, 4) is 11.1 Å². The number of alkyl carbamates (subject to hydrolysis) is 1. The van der Waals surface area contributed by atoms with E-state index in [2.05, 4.69) is 27.9 Å². The molecule has 35 heavy (non-hydrogen) atoms. The molecule has 3 N–H and O–H groups in total. The highest BCUT2D eigenvalue weighted by Crippen LogP contribution is 2.44. The van der Waals surface area contributed by atoms with Gasteiger partial charge in [-0.05, 0) is 28.7 Å². The lowest BCUT2D eigenvalue weighted by atomic mass is 9.98. The predicted molar refractivity (Wildman–Crippen MR) is 125 cm³/mol. The number of aromatic nitrogens is 2. The Kier molecular flexibility index (Phi) is 5.96. The van der Waals surface area contributed by atoms with Gasteiger partial charge in [-0.3, -0.25) is 9.48 Å². The molecule has 1 fully saturated rings. The Hall–Kier alpha value is -4.18. The first-order valence-corrected chi connectivity index (χ1v) is 11.2. The number of hydrogen-bond acceptors (Lipinski definition) is 6. The number of aryl methyl sites for hydroxylation is 1. The van der Waals surface area contributed by atoms with Gasteiger partial charge in [-0.2, -0.15) is 5.10 Å². The topological polar surface area (TPSA) is 132 Å². The van der Waals surface area contributed by atoms with Crippen LogP contribution < -0.4 is 10.6 Å². The minimum Gasteiger partial charge on any atom is -0.476 e. The second kappa shape index (κ2) is 9.22. The van der Waals surface area contributed by atoms with Crippen LogP contribution in [-0.4, -0.2) is 58.2 Å². The number of carboxylic acids is 1. The molecule has 5 rings (SSSR count). The van der Waals surface area contributed by atoms with E-state index in [0.717, 1.165) is 26.9 Å². The van der Waals surface area contributed by atoms with Crippen molar-refractivity contribution in [2.45, 2.75) is 24.5 Å².